The SMILES string of the molecule is CC1Cc2c(-c3ccccc3)c3ccccn3c2CN1. The molecule has 0 amide bonds. The number of aromatic nitrogens is 1. The van der Waals surface area contributed by atoms with E-state index in [4.69, 9.17) is 0 Å². The minimum atomic E-state index is 0.544. The van der Waals surface area contributed by atoms with Crippen molar-refractivity contribution in [2.24, 2.45) is 0 Å². The average molecular weight is 262 g/mol. The number of hydrogen-bond acceptors (Lipinski definition) is 1. The molecule has 0 radical (unpaired) electrons. The van der Waals surface area contributed by atoms with Crippen molar-refractivity contribution in [3.8, 4) is 11.1 Å². The Morgan fingerprint density at radius 1 is 1.05 bits per heavy atom. The summed E-state index contributed by atoms with van der Waals surface area (Å²) in [5.41, 5.74) is 6.98. The van der Waals surface area contributed by atoms with Crippen LogP contribution >= 0.6 is 0 Å². The van der Waals surface area contributed by atoms with Gasteiger partial charge in [-0.25, -0.2) is 0 Å². The molecule has 0 saturated heterocycles. The van der Waals surface area contributed by atoms with Crippen molar-refractivity contribution in [3.63, 3.8) is 0 Å². The highest BCUT2D eigenvalue weighted by atomic mass is 15.0. The first kappa shape index (κ1) is 11.7. The van der Waals surface area contributed by atoms with E-state index in [-0.39, 0.29) is 0 Å². The quantitative estimate of drug-likeness (QED) is 0.708. The Bertz CT molecular complexity index is 756. The van der Waals surface area contributed by atoms with Gasteiger partial charge in [-0.1, -0.05) is 36.4 Å². The van der Waals surface area contributed by atoms with Crippen LogP contribution in [0.4, 0.5) is 0 Å². The van der Waals surface area contributed by atoms with E-state index in [1.54, 1.807) is 0 Å². The molecule has 100 valence electrons. The van der Waals surface area contributed by atoms with Gasteiger partial charge in [-0.3, -0.25) is 0 Å². The predicted molar refractivity (Wildman–Crippen MR) is 82.8 cm³/mol. The molecule has 1 aliphatic rings. The van der Waals surface area contributed by atoms with Crippen LogP contribution < -0.4 is 5.32 Å². The van der Waals surface area contributed by atoms with Crippen molar-refractivity contribution in [2.45, 2.75) is 25.9 Å². The van der Waals surface area contributed by atoms with Gasteiger partial charge in [0.1, 0.15) is 0 Å². The van der Waals surface area contributed by atoms with Gasteiger partial charge in [-0.15, -0.1) is 0 Å². The Kier molecular flexibility index (Phi) is 2.64. The molecule has 0 spiro atoms. The zero-order chi connectivity index (χ0) is 13.5. The second kappa shape index (κ2) is 4.50. The zero-order valence-corrected chi connectivity index (χ0v) is 11.6. The summed E-state index contributed by atoms with van der Waals surface area (Å²) in [7, 11) is 0. The highest BCUT2D eigenvalue weighted by Crippen LogP contribution is 2.35. The lowest BCUT2D eigenvalue weighted by Gasteiger charge is -2.21. The monoisotopic (exact) mass is 262 g/mol. The summed E-state index contributed by atoms with van der Waals surface area (Å²) < 4.78 is 2.34. The molecule has 1 aromatic carbocycles. The van der Waals surface area contributed by atoms with Gasteiger partial charge in [0.15, 0.2) is 0 Å². The summed E-state index contributed by atoms with van der Waals surface area (Å²) in [5, 5.41) is 3.57. The fourth-order valence-corrected chi connectivity index (χ4v) is 3.31. The molecule has 3 aromatic rings. The van der Waals surface area contributed by atoms with Crippen molar-refractivity contribution in [1.82, 2.24) is 9.72 Å². The van der Waals surface area contributed by atoms with Crippen LogP contribution in [0, 0.1) is 0 Å². The van der Waals surface area contributed by atoms with Crippen LogP contribution in [0.3, 0.4) is 0 Å². The normalized spacial score (nSPS) is 18.1. The summed E-state index contributed by atoms with van der Waals surface area (Å²) in [4.78, 5) is 0. The van der Waals surface area contributed by atoms with Gasteiger partial charge in [0.25, 0.3) is 0 Å². The first-order valence-electron chi connectivity index (χ1n) is 7.24. The Labute approximate surface area is 119 Å². The Morgan fingerprint density at radius 2 is 1.85 bits per heavy atom. The lowest BCUT2D eigenvalue weighted by Crippen LogP contribution is -2.33. The van der Waals surface area contributed by atoms with Gasteiger partial charge in [0, 0.05) is 30.0 Å². The lowest BCUT2D eigenvalue weighted by molar-refractivity contribution is 0.506. The van der Waals surface area contributed by atoms with Crippen molar-refractivity contribution in [3.05, 3.63) is 66.0 Å². The summed E-state index contributed by atoms with van der Waals surface area (Å²) in [6.07, 6.45) is 3.28. The topological polar surface area (TPSA) is 16.4 Å². The van der Waals surface area contributed by atoms with E-state index in [9.17, 15) is 0 Å². The first-order valence-corrected chi connectivity index (χ1v) is 7.24. The van der Waals surface area contributed by atoms with Gasteiger partial charge in [0.2, 0.25) is 0 Å². The van der Waals surface area contributed by atoms with Gasteiger partial charge in [0.05, 0.1) is 5.52 Å². The summed E-state index contributed by atoms with van der Waals surface area (Å²) in [6, 6.07) is 17.8. The van der Waals surface area contributed by atoms with Crippen LogP contribution in [0.15, 0.2) is 54.7 Å². The number of benzene rings is 1. The standard InChI is InChI=1S/C18H18N2/c1-13-11-15-17(12-19-13)20-10-6-5-9-16(20)18(15)14-7-3-2-4-8-14/h2-10,13,19H,11-12H2,1H3. The van der Waals surface area contributed by atoms with E-state index in [0.29, 0.717) is 6.04 Å². The fraction of sp³-hybridized carbons (Fsp3) is 0.222. The number of nitrogens with zero attached hydrogens (tertiary/aromatic N) is 1. The van der Waals surface area contributed by atoms with E-state index >= 15 is 0 Å². The smallest absolute Gasteiger partial charge is 0.0534 e. The van der Waals surface area contributed by atoms with E-state index in [0.717, 1.165) is 13.0 Å². The zero-order valence-electron chi connectivity index (χ0n) is 11.6. The molecule has 0 saturated carbocycles. The number of rotatable bonds is 1. The molecule has 1 atom stereocenters. The van der Waals surface area contributed by atoms with Gasteiger partial charge in [-0.2, -0.15) is 0 Å². The van der Waals surface area contributed by atoms with Crippen LogP contribution in [0.25, 0.3) is 16.6 Å². The molecule has 2 heteroatoms. The highest BCUT2D eigenvalue weighted by molar-refractivity contribution is 5.85. The average Bonchev–Trinajstić information content (AvgIpc) is 2.81. The van der Waals surface area contributed by atoms with Crippen LogP contribution in [-0.2, 0) is 13.0 Å². The first-order chi connectivity index (χ1) is 9.84. The van der Waals surface area contributed by atoms with E-state index < -0.39 is 0 Å². The van der Waals surface area contributed by atoms with Crippen LogP contribution in [0.1, 0.15) is 18.2 Å². The molecule has 3 heterocycles. The molecule has 0 fully saturated rings. The Hall–Kier alpha value is -2.06. The second-order valence-corrected chi connectivity index (χ2v) is 5.61. The second-order valence-electron chi connectivity index (χ2n) is 5.61. The van der Waals surface area contributed by atoms with Crippen LogP contribution in [0.5, 0.6) is 0 Å². The van der Waals surface area contributed by atoms with Crippen molar-refractivity contribution in [2.75, 3.05) is 0 Å². The van der Waals surface area contributed by atoms with Gasteiger partial charge < -0.3 is 9.72 Å². The molecule has 4 rings (SSSR count). The largest absolute Gasteiger partial charge is 0.319 e. The predicted octanol–water partition coefficient (Wildman–Crippen LogP) is 3.64. The molecule has 0 bridgehead atoms. The summed E-state index contributed by atoms with van der Waals surface area (Å²) in [6.45, 7) is 3.22. The molecule has 2 aromatic heterocycles. The van der Waals surface area contributed by atoms with Crippen molar-refractivity contribution >= 4 is 5.52 Å². The minimum absolute atomic E-state index is 0.544. The molecule has 2 nitrogen and oxygen atoms in total. The molecule has 20 heavy (non-hydrogen) atoms. The Balaban J connectivity index is 2.06. The third-order valence-corrected chi connectivity index (χ3v) is 4.25. The number of pyridine rings is 1. The van der Waals surface area contributed by atoms with E-state index in [1.807, 2.05) is 0 Å². The maximum Gasteiger partial charge on any atom is 0.0534 e. The maximum absolute atomic E-state index is 3.57. The minimum Gasteiger partial charge on any atom is -0.319 e. The molecular formula is C18H18N2. The van der Waals surface area contributed by atoms with Crippen molar-refractivity contribution < 1.29 is 0 Å². The third-order valence-electron chi connectivity index (χ3n) is 4.25. The third kappa shape index (κ3) is 1.69. The molecular weight excluding hydrogens is 244 g/mol. The van der Waals surface area contributed by atoms with Crippen LogP contribution in [0.2, 0.25) is 0 Å². The summed E-state index contributed by atoms with van der Waals surface area (Å²) in [5.74, 6) is 0. The van der Waals surface area contributed by atoms with E-state index in [1.165, 1.54) is 27.9 Å². The molecule has 1 unspecified atom stereocenters. The summed E-state index contributed by atoms with van der Waals surface area (Å²) >= 11 is 0. The number of fused-ring (bicyclic) bond motifs is 3. The van der Waals surface area contributed by atoms with Gasteiger partial charge >= 0.3 is 0 Å². The van der Waals surface area contributed by atoms with Crippen LogP contribution in [-0.4, -0.2) is 10.4 Å². The molecule has 1 N–H and O–H groups in total. The fourth-order valence-electron chi connectivity index (χ4n) is 3.31. The lowest BCUT2D eigenvalue weighted by atomic mass is 9.94. The highest BCUT2D eigenvalue weighted by Gasteiger charge is 2.23. The number of nitrogens with one attached hydrogen (secondary N) is 1. The molecule has 0 aliphatic carbocycles. The maximum atomic E-state index is 3.57. The Morgan fingerprint density at radius 3 is 2.70 bits per heavy atom. The molecule has 1 aliphatic heterocycles. The van der Waals surface area contributed by atoms with Crippen molar-refractivity contribution in [1.29, 1.82) is 0 Å². The van der Waals surface area contributed by atoms with Gasteiger partial charge in [-0.05, 0) is 36.6 Å². The van der Waals surface area contributed by atoms with E-state index in [2.05, 4.69) is 71.4 Å². The number of hydrogen-bond donors (Lipinski definition) is 1.